The minimum atomic E-state index is -0.169. The third-order valence-corrected chi connectivity index (χ3v) is 2.46. The average Bonchev–Trinajstić information content (AvgIpc) is 2.26. The van der Waals surface area contributed by atoms with Crippen molar-refractivity contribution in [3.05, 3.63) is 35.6 Å². The van der Waals surface area contributed by atoms with Crippen LogP contribution in [0.4, 0.5) is 4.39 Å². The molecule has 0 fully saturated rings. The van der Waals surface area contributed by atoms with Gasteiger partial charge in [0.2, 0.25) is 0 Å². The highest BCUT2D eigenvalue weighted by molar-refractivity contribution is 5.16. The number of benzene rings is 1. The first kappa shape index (κ1) is 13.1. The molecule has 1 aromatic rings. The second-order valence-corrected chi connectivity index (χ2v) is 3.92. The molecule has 0 radical (unpaired) electrons. The third-order valence-electron chi connectivity index (χ3n) is 2.46. The molecular weight excluding hydrogens is 205 g/mol. The second-order valence-electron chi connectivity index (χ2n) is 3.92. The van der Waals surface area contributed by atoms with Gasteiger partial charge in [-0.1, -0.05) is 12.1 Å². The number of hydrogen-bond acceptors (Lipinski definition) is 2. The van der Waals surface area contributed by atoms with Crippen LogP contribution in [0.15, 0.2) is 24.3 Å². The zero-order valence-corrected chi connectivity index (χ0v) is 10.0. The molecule has 0 aliphatic heterocycles. The van der Waals surface area contributed by atoms with Crippen LogP contribution in [0.1, 0.15) is 12.5 Å². The summed E-state index contributed by atoms with van der Waals surface area (Å²) in [5, 5.41) is 3.14. The van der Waals surface area contributed by atoms with Crippen molar-refractivity contribution in [2.24, 2.45) is 5.92 Å². The summed E-state index contributed by atoms with van der Waals surface area (Å²) in [6.07, 6.45) is 0.846. The lowest BCUT2D eigenvalue weighted by Gasteiger charge is -2.16. The van der Waals surface area contributed by atoms with Crippen molar-refractivity contribution in [2.45, 2.75) is 13.3 Å². The van der Waals surface area contributed by atoms with Crippen molar-refractivity contribution in [1.29, 1.82) is 0 Å². The van der Waals surface area contributed by atoms with Gasteiger partial charge in [0.15, 0.2) is 0 Å². The molecule has 3 heteroatoms. The molecule has 1 atom stereocenters. The van der Waals surface area contributed by atoms with Crippen molar-refractivity contribution in [3.8, 4) is 0 Å². The minimum absolute atomic E-state index is 0.169. The fourth-order valence-corrected chi connectivity index (χ4v) is 1.76. The van der Waals surface area contributed by atoms with E-state index in [0.29, 0.717) is 12.5 Å². The molecular formula is C13H20FNO. The Morgan fingerprint density at radius 3 is 2.88 bits per heavy atom. The average molecular weight is 225 g/mol. The highest BCUT2D eigenvalue weighted by Gasteiger charge is 2.09. The Kier molecular flexibility index (Phi) is 6.04. The van der Waals surface area contributed by atoms with E-state index in [9.17, 15) is 4.39 Å². The first-order chi connectivity index (χ1) is 7.76. The second kappa shape index (κ2) is 7.36. The monoisotopic (exact) mass is 225 g/mol. The van der Waals surface area contributed by atoms with E-state index in [1.807, 2.05) is 20.0 Å². The van der Waals surface area contributed by atoms with Gasteiger partial charge in [-0.05, 0) is 44.0 Å². The summed E-state index contributed by atoms with van der Waals surface area (Å²) in [6.45, 7) is 4.31. The lowest BCUT2D eigenvalue weighted by atomic mass is 10.00. The van der Waals surface area contributed by atoms with E-state index >= 15 is 0 Å². The first-order valence-electron chi connectivity index (χ1n) is 5.73. The Bertz CT molecular complexity index is 304. The van der Waals surface area contributed by atoms with Gasteiger partial charge in [-0.2, -0.15) is 0 Å². The number of halogens is 1. The zero-order valence-electron chi connectivity index (χ0n) is 10.0. The molecule has 0 spiro atoms. The fourth-order valence-electron chi connectivity index (χ4n) is 1.76. The van der Waals surface area contributed by atoms with Crippen LogP contribution in [0.25, 0.3) is 0 Å². The maximum absolute atomic E-state index is 13.0. The lowest BCUT2D eigenvalue weighted by molar-refractivity contribution is 0.110. The molecule has 0 aliphatic rings. The fraction of sp³-hybridized carbons (Fsp3) is 0.538. The van der Waals surface area contributed by atoms with Crippen LogP contribution in [0.3, 0.4) is 0 Å². The summed E-state index contributed by atoms with van der Waals surface area (Å²) in [5.74, 6) is 0.226. The SMILES string of the molecule is CCOCC(CNC)Cc1cccc(F)c1. The van der Waals surface area contributed by atoms with Crippen molar-refractivity contribution in [3.63, 3.8) is 0 Å². The van der Waals surface area contributed by atoms with Gasteiger partial charge in [0.25, 0.3) is 0 Å². The van der Waals surface area contributed by atoms with Crippen LogP contribution >= 0.6 is 0 Å². The third kappa shape index (κ3) is 4.73. The number of ether oxygens (including phenoxy) is 1. The first-order valence-corrected chi connectivity index (χ1v) is 5.73. The summed E-state index contributed by atoms with van der Waals surface area (Å²) < 4.78 is 18.4. The topological polar surface area (TPSA) is 21.3 Å². The predicted octanol–water partition coefficient (Wildman–Crippen LogP) is 2.24. The van der Waals surface area contributed by atoms with Crippen LogP contribution in [-0.2, 0) is 11.2 Å². The van der Waals surface area contributed by atoms with Crippen molar-refractivity contribution in [2.75, 3.05) is 26.8 Å². The Hall–Kier alpha value is -0.930. The Labute approximate surface area is 96.8 Å². The van der Waals surface area contributed by atoms with E-state index in [0.717, 1.165) is 25.1 Å². The minimum Gasteiger partial charge on any atom is -0.381 e. The van der Waals surface area contributed by atoms with Crippen LogP contribution in [0.2, 0.25) is 0 Å². The molecule has 0 aliphatic carbocycles. The van der Waals surface area contributed by atoms with E-state index in [1.54, 1.807) is 12.1 Å². The molecule has 1 N–H and O–H groups in total. The smallest absolute Gasteiger partial charge is 0.123 e. The van der Waals surface area contributed by atoms with Gasteiger partial charge in [0.05, 0.1) is 6.61 Å². The van der Waals surface area contributed by atoms with Crippen LogP contribution < -0.4 is 5.32 Å². The Balaban J connectivity index is 2.52. The van der Waals surface area contributed by atoms with Gasteiger partial charge in [0, 0.05) is 13.2 Å². The Morgan fingerprint density at radius 2 is 2.25 bits per heavy atom. The van der Waals surface area contributed by atoms with E-state index in [-0.39, 0.29) is 5.82 Å². The van der Waals surface area contributed by atoms with Gasteiger partial charge < -0.3 is 10.1 Å². The van der Waals surface area contributed by atoms with E-state index in [2.05, 4.69) is 5.32 Å². The van der Waals surface area contributed by atoms with E-state index in [4.69, 9.17) is 4.74 Å². The quantitative estimate of drug-likeness (QED) is 0.768. The molecule has 0 amide bonds. The highest BCUT2D eigenvalue weighted by atomic mass is 19.1. The molecule has 90 valence electrons. The van der Waals surface area contributed by atoms with Crippen LogP contribution in [-0.4, -0.2) is 26.8 Å². The highest BCUT2D eigenvalue weighted by Crippen LogP contribution is 2.10. The molecule has 0 saturated carbocycles. The van der Waals surface area contributed by atoms with Crippen LogP contribution in [0, 0.1) is 11.7 Å². The van der Waals surface area contributed by atoms with Crippen molar-refractivity contribution >= 4 is 0 Å². The normalized spacial score (nSPS) is 12.7. The number of hydrogen-bond donors (Lipinski definition) is 1. The summed E-state index contributed by atoms with van der Waals surface area (Å²) >= 11 is 0. The van der Waals surface area contributed by atoms with E-state index in [1.165, 1.54) is 6.07 Å². The summed E-state index contributed by atoms with van der Waals surface area (Å²) in [6, 6.07) is 6.77. The van der Waals surface area contributed by atoms with Gasteiger partial charge in [-0.25, -0.2) is 4.39 Å². The molecule has 16 heavy (non-hydrogen) atoms. The largest absolute Gasteiger partial charge is 0.381 e. The van der Waals surface area contributed by atoms with Gasteiger partial charge in [-0.15, -0.1) is 0 Å². The number of rotatable bonds is 7. The lowest BCUT2D eigenvalue weighted by Crippen LogP contribution is -2.25. The molecule has 1 rings (SSSR count). The van der Waals surface area contributed by atoms with Gasteiger partial charge >= 0.3 is 0 Å². The summed E-state index contributed by atoms with van der Waals surface area (Å²) in [4.78, 5) is 0. The molecule has 2 nitrogen and oxygen atoms in total. The molecule has 0 aromatic heterocycles. The van der Waals surface area contributed by atoms with Gasteiger partial charge in [0.1, 0.15) is 5.82 Å². The zero-order chi connectivity index (χ0) is 11.8. The standard InChI is InChI=1S/C13H20FNO/c1-3-16-10-12(9-15-2)7-11-5-4-6-13(14)8-11/h4-6,8,12,15H,3,7,9-10H2,1-2H3. The number of nitrogens with one attached hydrogen (secondary N) is 1. The van der Waals surface area contributed by atoms with Crippen molar-refractivity contribution in [1.82, 2.24) is 5.32 Å². The predicted molar refractivity (Wildman–Crippen MR) is 64.0 cm³/mol. The molecule has 1 aromatic carbocycles. The summed E-state index contributed by atoms with van der Waals surface area (Å²) in [5.41, 5.74) is 1.03. The molecule has 1 unspecified atom stereocenters. The maximum Gasteiger partial charge on any atom is 0.123 e. The molecule has 0 saturated heterocycles. The van der Waals surface area contributed by atoms with Crippen LogP contribution in [0.5, 0.6) is 0 Å². The van der Waals surface area contributed by atoms with Crippen molar-refractivity contribution < 1.29 is 9.13 Å². The maximum atomic E-state index is 13.0. The van der Waals surface area contributed by atoms with Gasteiger partial charge in [-0.3, -0.25) is 0 Å². The molecule has 0 bridgehead atoms. The Morgan fingerprint density at radius 1 is 1.44 bits per heavy atom. The molecule has 0 heterocycles. The van der Waals surface area contributed by atoms with E-state index < -0.39 is 0 Å². The summed E-state index contributed by atoms with van der Waals surface area (Å²) in [7, 11) is 1.92.